The van der Waals surface area contributed by atoms with Crippen molar-refractivity contribution in [2.45, 2.75) is 19.5 Å². The summed E-state index contributed by atoms with van der Waals surface area (Å²) in [6.45, 7) is 2.74. The zero-order valence-corrected chi connectivity index (χ0v) is 13.0. The average Bonchev–Trinajstić information content (AvgIpc) is 2.52. The normalized spacial score (nSPS) is 14.5. The van der Waals surface area contributed by atoms with Crippen molar-refractivity contribution in [2.24, 2.45) is 0 Å². The molecule has 0 unspecified atom stereocenters. The van der Waals surface area contributed by atoms with E-state index >= 15 is 0 Å². The van der Waals surface area contributed by atoms with E-state index in [4.69, 9.17) is 9.47 Å². The predicted octanol–water partition coefficient (Wildman–Crippen LogP) is 2.50. The van der Waals surface area contributed by atoms with Crippen LogP contribution in [0.4, 0.5) is 11.4 Å². The molecular formula is C17H18N2O4. The van der Waals surface area contributed by atoms with Gasteiger partial charge in [-0.2, -0.15) is 0 Å². The summed E-state index contributed by atoms with van der Waals surface area (Å²) in [7, 11) is 0. The van der Waals surface area contributed by atoms with E-state index in [-0.39, 0.29) is 13.2 Å². The van der Waals surface area contributed by atoms with E-state index in [2.05, 4.69) is 10.6 Å². The monoisotopic (exact) mass is 314 g/mol. The van der Waals surface area contributed by atoms with Crippen LogP contribution >= 0.6 is 0 Å². The van der Waals surface area contributed by atoms with Crippen molar-refractivity contribution in [1.29, 1.82) is 0 Å². The van der Waals surface area contributed by atoms with Crippen LogP contribution in [-0.2, 0) is 19.1 Å². The maximum Gasteiger partial charge on any atom is 0.302 e. The summed E-state index contributed by atoms with van der Waals surface area (Å²) < 4.78 is 10.3. The first-order chi connectivity index (χ1) is 11.0. The van der Waals surface area contributed by atoms with E-state index in [0.717, 1.165) is 22.1 Å². The van der Waals surface area contributed by atoms with Crippen molar-refractivity contribution in [1.82, 2.24) is 0 Å². The number of carbonyl (C=O) groups excluding carboxylic acids is 2. The van der Waals surface area contributed by atoms with E-state index in [1.807, 2.05) is 36.4 Å². The average molecular weight is 314 g/mol. The third kappa shape index (κ3) is 3.06. The van der Waals surface area contributed by atoms with Gasteiger partial charge in [-0.25, -0.2) is 0 Å². The molecule has 0 aromatic heterocycles. The van der Waals surface area contributed by atoms with Gasteiger partial charge >= 0.3 is 11.9 Å². The molecular weight excluding hydrogens is 296 g/mol. The Morgan fingerprint density at radius 3 is 1.83 bits per heavy atom. The van der Waals surface area contributed by atoms with E-state index in [9.17, 15) is 9.59 Å². The number of anilines is 2. The van der Waals surface area contributed by atoms with Crippen LogP contribution in [-0.4, -0.2) is 30.8 Å². The first-order valence-corrected chi connectivity index (χ1v) is 7.34. The van der Waals surface area contributed by atoms with Gasteiger partial charge in [0.15, 0.2) is 5.66 Å². The highest BCUT2D eigenvalue weighted by Gasteiger charge is 2.37. The topological polar surface area (TPSA) is 76.7 Å². The summed E-state index contributed by atoms with van der Waals surface area (Å²) >= 11 is 0. The van der Waals surface area contributed by atoms with Gasteiger partial charge in [0.2, 0.25) is 0 Å². The Morgan fingerprint density at radius 2 is 1.39 bits per heavy atom. The van der Waals surface area contributed by atoms with E-state index < -0.39 is 17.6 Å². The van der Waals surface area contributed by atoms with Gasteiger partial charge < -0.3 is 20.1 Å². The minimum Gasteiger partial charge on any atom is -0.461 e. The Hall–Kier alpha value is -2.76. The summed E-state index contributed by atoms with van der Waals surface area (Å²) in [5, 5.41) is 8.78. The summed E-state index contributed by atoms with van der Waals surface area (Å²) in [5.41, 5.74) is 0.896. The van der Waals surface area contributed by atoms with Crippen LogP contribution < -0.4 is 10.6 Å². The standard InChI is InChI=1S/C17H18N2O4/c1-11(20)22-9-17(10-23-12(2)21)18-14-7-3-5-13-6-4-8-15(19-17)16(13)14/h3-8,18-19H,9-10H2,1-2H3. The first kappa shape index (κ1) is 15.1. The lowest BCUT2D eigenvalue weighted by Gasteiger charge is -2.40. The number of benzene rings is 2. The van der Waals surface area contributed by atoms with Gasteiger partial charge in [-0.3, -0.25) is 9.59 Å². The molecule has 0 aliphatic carbocycles. The molecule has 0 saturated heterocycles. The number of carbonyl (C=O) groups is 2. The summed E-state index contributed by atoms with van der Waals surface area (Å²) in [6.07, 6.45) is 0. The van der Waals surface area contributed by atoms with Gasteiger partial charge in [0.1, 0.15) is 13.2 Å². The maximum atomic E-state index is 11.2. The van der Waals surface area contributed by atoms with Gasteiger partial charge in [0.25, 0.3) is 0 Å². The smallest absolute Gasteiger partial charge is 0.302 e. The Kier molecular flexibility index (Phi) is 3.82. The number of ether oxygens (including phenoxy) is 2. The van der Waals surface area contributed by atoms with Crippen LogP contribution in [0.3, 0.4) is 0 Å². The molecule has 0 saturated carbocycles. The molecule has 0 amide bonds. The fourth-order valence-corrected chi connectivity index (χ4v) is 2.73. The van der Waals surface area contributed by atoms with Crippen molar-refractivity contribution in [3.05, 3.63) is 36.4 Å². The SMILES string of the molecule is CC(=O)OCC1(COC(C)=O)Nc2cccc3cccc(c23)N1. The first-order valence-electron chi connectivity index (χ1n) is 7.34. The van der Waals surface area contributed by atoms with Gasteiger partial charge in [0, 0.05) is 30.6 Å². The molecule has 2 aromatic rings. The van der Waals surface area contributed by atoms with Gasteiger partial charge in [0.05, 0.1) is 0 Å². The summed E-state index contributed by atoms with van der Waals surface area (Å²) in [5.74, 6) is -0.791. The Balaban J connectivity index is 1.98. The number of nitrogens with one attached hydrogen (secondary N) is 2. The molecule has 1 aliphatic rings. The fraction of sp³-hybridized carbons (Fsp3) is 0.294. The highest BCUT2D eigenvalue weighted by molar-refractivity contribution is 6.05. The maximum absolute atomic E-state index is 11.2. The van der Waals surface area contributed by atoms with Crippen LogP contribution in [0.2, 0.25) is 0 Å². The van der Waals surface area contributed by atoms with E-state index in [1.54, 1.807) is 0 Å². The Bertz CT molecular complexity index is 712. The lowest BCUT2D eigenvalue weighted by atomic mass is 10.00. The highest BCUT2D eigenvalue weighted by Crippen LogP contribution is 2.37. The van der Waals surface area contributed by atoms with E-state index in [0.29, 0.717) is 0 Å². The molecule has 0 spiro atoms. The molecule has 6 nitrogen and oxygen atoms in total. The lowest BCUT2D eigenvalue weighted by Crippen LogP contribution is -2.56. The van der Waals surface area contributed by atoms with Crippen molar-refractivity contribution in [3.8, 4) is 0 Å². The Morgan fingerprint density at radius 1 is 0.913 bits per heavy atom. The molecule has 0 bridgehead atoms. The second kappa shape index (κ2) is 5.79. The number of esters is 2. The van der Waals surface area contributed by atoms with Gasteiger partial charge in [-0.15, -0.1) is 0 Å². The predicted molar refractivity (Wildman–Crippen MR) is 87.2 cm³/mol. The second-order valence-corrected chi connectivity index (χ2v) is 5.60. The van der Waals surface area contributed by atoms with Crippen molar-refractivity contribution < 1.29 is 19.1 Å². The summed E-state index contributed by atoms with van der Waals surface area (Å²) in [4.78, 5) is 22.4. The largest absolute Gasteiger partial charge is 0.461 e. The molecule has 3 rings (SSSR count). The fourth-order valence-electron chi connectivity index (χ4n) is 2.73. The van der Waals surface area contributed by atoms with E-state index in [1.165, 1.54) is 13.8 Å². The minimum absolute atomic E-state index is 0.0281. The van der Waals surface area contributed by atoms with Gasteiger partial charge in [-0.1, -0.05) is 24.3 Å². The molecule has 0 fully saturated rings. The van der Waals surface area contributed by atoms with Crippen molar-refractivity contribution in [2.75, 3.05) is 23.8 Å². The molecule has 1 aliphatic heterocycles. The lowest BCUT2D eigenvalue weighted by molar-refractivity contribution is -0.145. The van der Waals surface area contributed by atoms with Crippen molar-refractivity contribution >= 4 is 34.1 Å². The second-order valence-electron chi connectivity index (χ2n) is 5.60. The number of hydrogen-bond acceptors (Lipinski definition) is 6. The molecule has 2 N–H and O–H groups in total. The zero-order chi connectivity index (χ0) is 16.4. The highest BCUT2D eigenvalue weighted by atomic mass is 16.5. The van der Waals surface area contributed by atoms with Crippen LogP contribution in [0.5, 0.6) is 0 Å². The van der Waals surface area contributed by atoms with Crippen LogP contribution in [0.1, 0.15) is 13.8 Å². The zero-order valence-electron chi connectivity index (χ0n) is 13.0. The van der Waals surface area contributed by atoms with Crippen LogP contribution in [0, 0.1) is 0 Å². The van der Waals surface area contributed by atoms with Crippen LogP contribution in [0.25, 0.3) is 10.8 Å². The molecule has 2 aromatic carbocycles. The van der Waals surface area contributed by atoms with Gasteiger partial charge in [-0.05, 0) is 17.5 Å². The third-order valence-corrected chi connectivity index (χ3v) is 3.70. The van der Waals surface area contributed by atoms with Crippen LogP contribution in [0.15, 0.2) is 36.4 Å². The molecule has 6 heteroatoms. The third-order valence-electron chi connectivity index (χ3n) is 3.70. The molecule has 1 heterocycles. The summed E-state index contributed by atoms with van der Waals surface area (Å²) in [6, 6.07) is 11.8. The quantitative estimate of drug-likeness (QED) is 0.845. The minimum atomic E-state index is -0.903. The molecule has 120 valence electrons. The van der Waals surface area contributed by atoms with Crippen molar-refractivity contribution in [3.63, 3.8) is 0 Å². The number of rotatable bonds is 4. The Labute approximate surface area is 133 Å². The molecule has 23 heavy (non-hydrogen) atoms. The molecule has 0 atom stereocenters. The molecule has 0 radical (unpaired) electrons. The number of hydrogen-bond donors (Lipinski definition) is 2.